The van der Waals surface area contributed by atoms with Gasteiger partial charge in [-0.15, -0.1) is 16.4 Å². The number of aryl methyl sites for hydroxylation is 1. The number of ether oxygens (including phenoxy) is 1. The van der Waals surface area contributed by atoms with Gasteiger partial charge >= 0.3 is 6.03 Å². The van der Waals surface area contributed by atoms with Gasteiger partial charge in [-0.2, -0.15) is 0 Å². The maximum absolute atomic E-state index is 12.4. The molecule has 2 aromatic heterocycles. The SMILES string of the molecule is Cc1ccc(NC(=O)Nc2ncc(C(C)Sc3nnn[nH]3)s2)c(OCC(C)C)c1. The third-order valence-electron chi connectivity index (χ3n) is 3.72. The van der Waals surface area contributed by atoms with Gasteiger partial charge in [0.2, 0.25) is 5.16 Å². The summed E-state index contributed by atoms with van der Waals surface area (Å²) in [5.41, 5.74) is 1.68. The van der Waals surface area contributed by atoms with Gasteiger partial charge in [-0.25, -0.2) is 14.9 Å². The predicted molar refractivity (Wildman–Crippen MR) is 115 cm³/mol. The Morgan fingerprint density at radius 1 is 1.31 bits per heavy atom. The number of H-pyrrole nitrogens is 1. The number of carbonyl (C=O) groups is 1. The van der Waals surface area contributed by atoms with Crippen LogP contribution in [0, 0.1) is 12.8 Å². The van der Waals surface area contributed by atoms with Crippen LogP contribution in [0.25, 0.3) is 0 Å². The molecular weight excluding hydrogens is 410 g/mol. The predicted octanol–water partition coefficient (Wildman–Crippen LogP) is 4.50. The Labute approximate surface area is 177 Å². The van der Waals surface area contributed by atoms with Crippen molar-refractivity contribution in [3.8, 4) is 5.75 Å². The summed E-state index contributed by atoms with van der Waals surface area (Å²) < 4.78 is 5.84. The normalized spacial score (nSPS) is 12.0. The van der Waals surface area contributed by atoms with Gasteiger partial charge in [-0.1, -0.05) is 31.7 Å². The molecule has 1 unspecified atom stereocenters. The van der Waals surface area contributed by atoms with Gasteiger partial charge in [0, 0.05) is 16.3 Å². The Morgan fingerprint density at radius 3 is 2.86 bits per heavy atom. The van der Waals surface area contributed by atoms with Crippen molar-refractivity contribution in [1.82, 2.24) is 25.6 Å². The summed E-state index contributed by atoms with van der Waals surface area (Å²) in [7, 11) is 0. The molecule has 0 aliphatic rings. The summed E-state index contributed by atoms with van der Waals surface area (Å²) in [6.45, 7) is 8.74. The number of benzene rings is 1. The van der Waals surface area contributed by atoms with E-state index in [4.69, 9.17) is 4.74 Å². The second-order valence-corrected chi connectivity index (χ2v) is 9.21. The minimum atomic E-state index is -0.371. The molecular formula is C18H23N7O2S2. The molecule has 1 atom stereocenters. The number of thiazole rings is 1. The number of aromatic nitrogens is 5. The van der Waals surface area contributed by atoms with E-state index in [-0.39, 0.29) is 11.3 Å². The average Bonchev–Trinajstić information content (AvgIpc) is 3.34. The van der Waals surface area contributed by atoms with Crippen LogP contribution >= 0.6 is 23.1 Å². The Balaban J connectivity index is 1.60. The van der Waals surface area contributed by atoms with Crippen molar-refractivity contribution in [2.75, 3.05) is 17.2 Å². The van der Waals surface area contributed by atoms with Crippen molar-refractivity contribution in [3.63, 3.8) is 0 Å². The van der Waals surface area contributed by atoms with E-state index in [2.05, 4.69) is 50.1 Å². The van der Waals surface area contributed by atoms with Gasteiger partial charge in [0.1, 0.15) is 5.75 Å². The smallest absolute Gasteiger partial charge is 0.325 e. The first-order chi connectivity index (χ1) is 13.9. The summed E-state index contributed by atoms with van der Waals surface area (Å²) in [5, 5.41) is 20.5. The molecule has 3 rings (SSSR count). The maximum atomic E-state index is 12.4. The monoisotopic (exact) mass is 433 g/mol. The van der Waals surface area contributed by atoms with Crippen LogP contribution in [-0.4, -0.2) is 38.2 Å². The quantitative estimate of drug-likeness (QED) is 0.448. The minimum absolute atomic E-state index is 0.0917. The summed E-state index contributed by atoms with van der Waals surface area (Å²) >= 11 is 2.89. The topological polar surface area (TPSA) is 118 Å². The number of anilines is 2. The molecule has 0 fully saturated rings. The standard InChI is InChI=1S/C18H23N7O2S2/c1-10(2)9-27-14-7-11(3)5-6-13(14)20-16(26)21-17-19-8-15(29-17)12(4)28-18-22-24-25-23-18/h5-8,10,12H,9H2,1-4H3,(H2,19,20,21,26)(H,22,23,24,25). The number of nitrogens with zero attached hydrogens (tertiary/aromatic N) is 4. The van der Waals surface area contributed by atoms with Gasteiger partial charge in [0.15, 0.2) is 5.13 Å². The van der Waals surface area contributed by atoms with E-state index < -0.39 is 0 Å². The molecule has 0 bridgehead atoms. The second kappa shape index (κ2) is 9.70. The molecule has 0 spiro atoms. The fraction of sp³-hybridized carbons (Fsp3) is 0.389. The van der Waals surface area contributed by atoms with Gasteiger partial charge in [0.25, 0.3) is 0 Å². The summed E-state index contributed by atoms with van der Waals surface area (Å²) in [6, 6.07) is 5.30. The van der Waals surface area contributed by atoms with Crippen molar-refractivity contribution in [2.45, 2.75) is 38.1 Å². The summed E-state index contributed by atoms with van der Waals surface area (Å²) in [4.78, 5) is 17.7. The Morgan fingerprint density at radius 2 is 2.14 bits per heavy atom. The number of nitrogens with one attached hydrogen (secondary N) is 3. The molecule has 3 aromatic rings. The molecule has 9 nitrogen and oxygen atoms in total. The number of tetrazole rings is 1. The average molecular weight is 434 g/mol. The van der Waals surface area contributed by atoms with Crippen LogP contribution in [0.4, 0.5) is 15.6 Å². The number of aromatic amines is 1. The van der Waals surface area contributed by atoms with Crippen LogP contribution < -0.4 is 15.4 Å². The first-order valence-electron chi connectivity index (χ1n) is 9.08. The first-order valence-corrected chi connectivity index (χ1v) is 10.8. The maximum Gasteiger partial charge on any atom is 0.325 e. The summed E-state index contributed by atoms with van der Waals surface area (Å²) in [6.07, 6.45) is 1.74. The van der Waals surface area contributed by atoms with Crippen LogP contribution in [0.3, 0.4) is 0 Å². The molecule has 2 amide bonds. The number of rotatable bonds is 8. The first kappa shape index (κ1) is 21.1. The lowest BCUT2D eigenvalue weighted by molar-refractivity contribution is 0.260. The third-order valence-corrected chi connectivity index (χ3v) is 5.96. The molecule has 0 saturated carbocycles. The zero-order valence-electron chi connectivity index (χ0n) is 16.6. The highest BCUT2D eigenvalue weighted by molar-refractivity contribution is 7.99. The van der Waals surface area contributed by atoms with Gasteiger partial charge in [-0.3, -0.25) is 5.32 Å². The number of urea groups is 1. The van der Waals surface area contributed by atoms with Crippen molar-refractivity contribution in [2.24, 2.45) is 5.92 Å². The highest BCUT2D eigenvalue weighted by Gasteiger charge is 2.15. The van der Waals surface area contributed by atoms with Gasteiger partial charge in [-0.05, 0) is 47.9 Å². The van der Waals surface area contributed by atoms with Crippen LogP contribution in [0.1, 0.15) is 36.5 Å². The Kier molecular flexibility index (Phi) is 7.04. The molecule has 0 saturated heterocycles. The van der Waals surface area contributed by atoms with Crippen LogP contribution in [0.15, 0.2) is 29.6 Å². The van der Waals surface area contributed by atoms with E-state index in [1.165, 1.54) is 23.1 Å². The third kappa shape index (κ3) is 6.16. The van der Waals surface area contributed by atoms with Crippen molar-refractivity contribution < 1.29 is 9.53 Å². The zero-order valence-corrected chi connectivity index (χ0v) is 18.2. The van der Waals surface area contributed by atoms with Crippen molar-refractivity contribution >= 4 is 39.9 Å². The number of thioether (sulfide) groups is 1. The number of carbonyl (C=O) groups excluding carboxylic acids is 1. The Hall–Kier alpha value is -2.66. The number of hydrogen-bond acceptors (Lipinski definition) is 8. The largest absolute Gasteiger partial charge is 0.491 e. The number of amides is 2. The van der Waals surface area contributed by atoms with Crippen LogP contribution in [0.2, 0.25) is 0 Å². The van der Waals surface area contributed by atoms with E-state index in [0.717, 1.165) is 10.4 Å². The number of hydrogen-bond donors (Lipinski definition) is 3. The minimum Gasteiger partial charge on any atom is -0.491 e. The molecule has 0 radical (unpaired) electrons. The molecule has 0 aliphatic carbocycles. The molecule has 2 heterocycles. The molecule has 0 aliphatic heterocycles. The fourth-order valence-corrected chi connectivity index (χ4v) is 4.04. The highest BCUT2D eigenvalue weighted by Crippen LogP contribution is 2.36. The highest BCUT2D eigenvalue weighted by atomic mass is 32.2. The summed E-state index contributed by atoms with van der Waals surface area (Å²) in [5.74, 6) is 1.04. The van der Waals surface area contributed by atoms with Crippen molar-refractivity contribution in [3.05, 3.63) is 34.8 Å². The second-order valence-electron chi connectivity index (χ2n) is 6.82. The van der Waals surface area contributed by atoms with Gasteiger partial charge in [0.05, 0.1) is 12.3 Å². The van der Waals surface area contributed by atoms with E-state index >= 15 is 0 Å². The molecule has 29 heavy (non-hydrogen) atoms. The van der Waals surface area contributed by atoms with Crippen LogP contribution in [0.5, 0.6) is 5.75 Å². The van der Waals surface area contributed by atoms with Gasteiger partial charge < -0.3 is 10.1 Å². The lowest BCUT2D eigenvalue weighted by Crippen LogP contribution is -2.20. The zero-order chi connectivity index (χ0) is 20.8. The van der Waals surface area contributed by atoms with E-state index in [1.54, 1.807) is 6.20 Å². The molecule has 154 valence electrons. The van der Waals surface area contributed by atoms with Crippen molar-refractivity contribution in [1.29, 1.82) is 0 Å². The lowest BCUT2D eigenvalue weighted by Gasteiger charge is -2.14. The van der Waals surface area contributed by atoms with E-state index in [9.17, 15) is 4.79 Å². The Bertz CT molecular complexity index is 944. The molecule has 3 N–H and O–H groups in total. The molecule has 11 heteroatoms. The van der Waals surface area contributed by atoms with E-state index in [1.807, 2.05) is 32.0 Å². The molecule has 1 aromatic carbocycles. The van der Waals surface area contributed by atoms with Crippen LogP contribution in [-0.2, 0) is 0 Å². The fourth-order valence-electron chi connectivity index (χ4n) is 2.32. The lowest BCUT2D eigenvalue weighted by atomic mass is 10.2. The van der Waals surface area contributed by atoms with E-state index in [0.29, 0.717) is 34.2 Å².